The highest BCUT2D eigenvalue weighted by atomic mass is 79.9. The van der Waals surface area contributed by atoms with E-state index in [0.29, 0.717) is 6.04 Å². The van der Waals surface area contributed by atoms with Gasteiger partial charge in [0, 0.05) is 26.2 Å². The van der Waals surface area contributed by atoms with E-state index in [0.717, 1.165) is 28.2 Å². The van der Waals surface area contributed by atoms with Crippen LogP contribution >= 0.6 is 39.3 Å². The summed E-state index contributed by atoms with van der Waals surface area (Å²) >= 11 is 11.3. The molecule has 0 amide bonds. The quantitative estimate of drug-likeness (QED) is 0.640. The molecule has 2 rings (SSSR count). The molecule has 0 aliphatic carbocycles. The molecule has 0 fully saturated rings. The molecule has 1 N–H and O–H groups in total. The zero-order chi connectivity index (χ0) is 15.1. The lowest BCUT2D eigenvalue weighted by Gasteiger charge is -2.17. The Labute approximate surface area is 144 Å². The van der Waals surface area contributed by atoms with Crippen LogP contribution in [0.5, 0.6) is 0 Å². The summed E-state index contributed by atoms with van der Waals surface area (Å²) in [5, 5.41) is 4.36. The average Bonchev–Trinajstić information content (AvgIpc) is 2.49. The molecule has 1 nitrogen and oxygen atoms in total. The van der Waals surface area contributed by atoms with Crippen molar-refractivity contribution in [1.82, 2.24) is 5.32 Å². The second-order valence-corrected chi connectivity index (χ2v) is 7.30. The number of benzene rings is 2. The molecule has 0 aromatic heterocycles. The van der Waals surface area contributed by atoms with Gasteiger partial charge in [-0.1, -0.05) is 46.6 Å². The zero-order valence-corrected chi connectivity index (χ0v) is 15.1. The second-order valence-electron chi connectivity index (χ2n) is 4.85. The third-order valence-electron chi connectivity index (χ3n) is 3.15. The molecule has 0 aliphatic rings. The summed E-state index contributed by atoms with van der Waals surface area (Å²) in [5.74, 6) is 1.05. The first-order valence-electron chi connectivity index (χ1n) is 7.03. The summed E-state index contributed by atoms with van der Waals surface area (Å²) in [5.41, 5.74) is 1.32. The zero-order valence-electron chi connectivity index (χ0n) is 12.0. The van der Waals surface area contributed by atoms with Gasteiger partial charge in [0.25, 0.3) is 0 Å². The van der Waals surface area contributed by atoms with Crippen LogP contribution in [0.4, 0.5) is 0 Å². The molecule has 2 aromatic carbocycles. The lowest BCUT2D eigenvalue weighted by atomic mass is 10.1. The maximum absolute atomic E-state index is 5.94. The SMILES string of the molecule is CCNC(CSc1ccc(Br)cc1)Cc1ccc(Cl)cc1. The van der Waals surface area contributed by atoms with Crippen LogP contribution in [0.25, 0.3) is 0 Å². The number of halogens is 2. The monoisotopic (exact) mass is 383 g/mol. The van der Waals surface area contributed by atoms with Crippen LogP contribution in [0.15, 0.2) is 57.9 Å². The van der Waals surface area contributed by atoms with Crippen molar-refractivity contribution in [2.45, 2.75) is 24.3 Å². The number of hydrogen-bond donors (Lipinski definition) is 1. The molecule has 0 heterocycles. The van der Waals surface area contributed by atoms with Gasteiger partial charge < -0.3 is 5.32 Å². The third kappa shape index (κ3) is 6.03. The number of hydrogen-bond acceptors (Lipinski definition) is 2. The maximum atomic E-state index is 5.94. The van der Waals surface area contributed by atoms with Gasteiger partial charge in [-0.05, 0) is 54.9 Å². The van der Waals surface area contributed by atoms with Gasteiger partial charge in [0.1, 0.15) is 0 Å². The first kappa shape index (κ1) is 16.9. The molecule has 112 valence electrons. The fraction of sp³-hybridized carbons (Fsp3) is 0.294. The summed E-state index contributed by atoms with van der Waals surface area (Å²) < 4.78 is 1.12. The normalized spacial score (nSPS) is 12.3. The van der Waals surface area contributed by atoms with Gasteiger partial charge in [-0.2, -0.15) is 0 Å². The highest BCUT2D eigenvalue weighted by Gasteiger charge is 2.09. The molecular formula is C17H19BrClNS. The van der Waals surface area contributed by atoms with Crippen LogP contribution in [0.2, 0.25) is 5.02 Å². The predicted octanol–water partition coefficient (Wildman–Crippen LogP) is 5.42. The molecule has 1 unspecified atom stereocenters. The van der Waals surface area contributed by atoms with Crippen LogP contribution in [0, 0.1) is 0 Å². The Morgan fingerprint density at radius 3 is 2.38 bits per heavy atom. The molecule has 0 saturated carbocycles. The molecule has 0 saturated heterocycles. The smallest absolute Gasteiger partial charge is 0.0406 e. The lowest BCUT2D eigenvalue weighted by molar-refractivity contribution is 0.572. The Bertz CT molecular complexity index is 542. The fourth-order valence-electron chi connectivity index (χ4n) is 2.11. The third-order valence-corrected chi connectivity index (χ3v) is 5.11. The van der Waals surface area contributed by atoms with Gasteiger partial charge in [0.15, 0.2) is 0 Å². The van der Waals surface area contributed by atoms with Crippen LogP contribution in [0.1, 0.15) is 12.5 Å². The fourth-order valence-corrected chi connectivity index (χ4v) is 3.46. The second kappa shape index (κ2) is 8.84. The van der Waals surface area contributed by atoms with Crippen molar-refractivity contribution in [2.24, 2.45) is 0 Å². The van der Waals surface area contributed by atoms with Crippen molar-refractivity contribution < 1.29 is 0 Å². The highest BCUT2D eigenvalue weighted by Crippen LogP contribution is 2.22. The van der Waals surface area contributed by atoms with Crippen molar-refractivity contribution in [1.29, 1.82) is 0 Å². The molecular weight excluding hydrogens is 366 g/mol. The maximum Gasteiger partial charge on any atom is 0.0406 e. The van der Waals surface area contributed by atoms with Crippen LogP contribution in [-0.4, -0.2) is 18.3 Å². The summed E-state index contributed by atoms with van der Waals surface area (Å²) in [6.07, 6.45) is 1.02. The van der Waals surface area contributed by atoms with Gasteiger partial charge in [-0.15, -0.1) is 11.8 Å². The Hall–Kier alpha value is -0.480. The summed E-state index contributed by atoms with van der Waals surface area (Å²) in [6, 6.07) is 17.1. The van der Waals surface area contributed by atoms with E-state index in [9.17, 15) is 0 Å². The molecule has 1 atom stereocenters. The average molecular weight is 385 g/mol. The standard InChI is InChI=1S/C17H19BrClNS/c1-2-20-16(11-13-3-7-15(19)8-4-13)12-21-17-9-5-14(18)6-10-17/h3-10,16,20H,2,11-12H2,1H3. The first-order valence-corrected chi connectivity index (χ1v) is 9.19. The molecule has 4 heteroatoms. The van der Waals surface area contributed by atoms with Gasteiger partial charge in [0.2, 0.25) is 0 Å². The summed E-state index contributed by atoms with van der Waals surface area (Å²) in [4.78, 5) is 1.30. The van der Waals surface area contributed by atoms with Gasteiger partial charge in [-0.25, -0.2) is 0 Å². The first-order chi connectivity index (χ1) is 10.2. The molecule has 0 bridgehead atoms. The minimum absolute atomic E-state index is 0.463. The van der Waals surface area contributed by atoms with Crippen molar-refractivity contribution in [3.63, 3.8) is 0 Å². The van der Waals surface area contributed by atoms with E-state index in [4.69, 9.17) is 11.6 Å². The van der Waals surface area contributed by atoms with E-state index >= 15 is 0 Å². The van der Waals surface area contributed by atoms with Gasteiger partial charge in [-0.3, -0.25) is 0 Å². The minimum atomic E-state index is 0.463. The summed E-state index contributed by atoms with van der Waals surface area (Å²) in [6.45, 7) is 3.14. The van der Waals surface area contributed by atoms with Crippen LogP contribution in [-0.2, 0) is 6.42 Å². The molecule has 2 aromatic rings. The Kier molecular flexibility index (Phi) is 7.11. The largest absolute Gasteiger partial charge is 0.313 e. The Morgan fingerprint density at radius 2 is 1.76 bits per heavy atom. The van der Waals surface area contributed by atoms with Gasteiger partial charge in [0.05, 0.1) is 0 Å². The number of nitrogens with one attached hydrogen (secondary N) is 1. The Morgan fingerprint density at radius 1 is 1.10 bits per heavy atom. The molecule has 0 spiro atoms. The number of thioether (sulfide) groups is 1. The van der Waals surface area contributed by atoms with Crippen molar-refractivity contribution >= 4 is 39.3 Å². The topological polar surface area (TPSA) is 12.0 Å². The molecule has 0 radical (unpaired) electrons. The van der Waals surface area contributed by atoms with E-state index in [2.05, 4.69) is 64.6 Å². The van der Waals surface area contributed by atoms with E-state index in [1.54, 1.807) is 0 Å². The van der Waals surface area contributed by atoms with E-state index < -0.39 is 0 Å². The summed E-state index contributed by atoms with van der Waals surface area (Å²) in [7, 11) is 0. The highest BCUT2D eigenvalue weighted by molar-refractivity contribution is 9.10. The van der Waals surface area contributed by atoms with Crippen molar-refractivity contribution in [2.75, 3.05) is 12.3 Å². The van der Waals surface area contributed by atoms with Gasteiger partial charge >= 0.3 is 0 Å². The molecule has 0 aliphatic heterocycles. The van der Waals surface area contributed by atoms with E-state index in [-0.39, 0.29) is 0 Å². The minimum Gasteiger partial charge on any atom is -0.313 e. The molecule has 21 heavy (non-hydrogen) atoms. The lowest BCUT2D eigenvalue weighted by Crippen LogP contribution is -2.33. The van der Waals surface area contributed by atoms with E-state index in [1.807, 2.05) is 23.9 Å². The number of likely N-dealkylation sites (N-methyl/N-ethyl adjacent to an activating group) is 1. The predicted molar refractivity (Wildman–Crippen MR) is 97.5 cm³/mol. The van der Waals surface area contributed by atoms with E-state index in [1.165, 1.54) is 10.5 Å². The van der Waals surface area contributed by atoms with Crippen molar-refractivity contribution in [3.05, 3.63) is 63.6 Å². The van der Waals surface area contributed by atoms with Crippen LogP contribution in [0.3, 0.4) is 0 Å². The Balaban J connectivity index is 1.92. The van der Waals surface area contributed by atoms with Crippen LogP contribution < -0.4 is 5.32 Å². The van der Waals surface area contributed by atoms with Crippen molar-refractivity contribution in [3.8, 4) is 0 Å². The number of rotatable bonds is 7.